The summed E-state index contributed by atoms with van der Waals surface area (Å²) in [7, 11) is -2.34. The Morgan fingerprint density at radius 1 is 1.24 bits per heavy atom. The van der Waals surface area contributed by atoms with Gasteiger partial charge in [0, 0.05) is 13.1 Å². The molecule has 0 spiro atoms. The topological polar surface area (TPSA) is 93.7 Å². The second kappa shape index (κ2) is 7.42. The molecule has 25 heavy (non-hydrogen) atoms. The number of hydrogen-bond acceptors (Lipinski definition) is 7. The highest BCUT2D eigenvalue weighted by atomic mass is 35.5. The van der Waals surface area contributed by atoms with Crippen molar-refractivity contribution in [3.05, 3.63) is 35.6 Å². The number of morpholine rings is 1. The highest BCUT2D eigenvalue weighted by Crippen LogP contribution is 2.27. The Morgan fingerprint density at radius 2 is 1.92 bits per heavy atom. The van der Waals surface area contributed by atoms with E-state index < -0.39 is 10.0 Å². The first-order valence-corrected chi connectivity index (χ1v) is 9.37. The Labute approximate surface area is 150 Å². The van der Waals surface area contributed by atoms with Crippen LogP contribution in [-0.2, 0) is 14.8 Å². The minimum Gasteiger partial charge on any atom is -0.495 e. The summed E-state index contributed by atoms with van der Waals surface area (Å²) in [6, 6.07) is 4.23. The SMILES string of the molecule is COc1ccc(S(=O)(=O)Nc2cnc(N3CCOCC3)nc2)cc1Cl. The molecule has 8 nitrogen and oxygen atoms in total. The molecule has 1 aliphatic rings. The van der Waals surface area contributed by atoms with Gasteiger partial charge in [-0.05, 0) is 18.2 Å². The highest BCUT2D eigenvalue weighted by Gasteiger charge is 2.18. The van der Waals surface area contributed by atoms with E-state index in [9.17, 15) is 8.42 Å². The molecule has 2 aromatic rings. The van der Waals surface area contributed by atoms with E-state index in [1.807, 2.05) is 4.90 Å². The van der Waals surface area contributed by atoms with Crippen LogP contribution in [0.25, 0.3) is 0 Å². The first-order valence-electron chi connectivity index (χ1n) is 7.51. The van der Waals surface area contributed by atoms with E-state index in [1.54, 1.807) is 0 Å². The minimum atomic E-state index is -3.80. The normalized spacial score (nSPS) is 15.0. The van der Waals surface area contributed by atoms with Gasteiger partial charge in [-0.1, -0.05) is 11.6 Å². The molecule has 0 unspecified atom stereocenters. The van der Waals surface area contributed by atoms with Gasteiger partial charge in [-0.15, -0.1) is 0 Å². The van der Waals surface area contributed by atoms with Gasteiger partial charge >= 0.3 is 0 Å². The number of methoxy groups -OCH3 is 1. The van der Waals surface area contributed by atoms with Crippen molar-refractivity contribution >= 4 is 33.3 Å². The number of sulfonamides is 1. The predicted molar refractivity (Wildman–Crippen MR) is 93.9 cm³/mol. The standard InChI is InChI=1S/C15H17ClN4O4S/c1-23-14-3-2-12(8-13(14)16)25(21,22)19-11-9-17-15(18-10-11)20-4-6-24-7-5-20/h2-3,8-10,19H,4-7H2,1H3. The Morgan fingerprint density at radius 3 is 2.52 bits per heavy atom. The molecule has 0 atom stereocenters. The zero-order valence-corrected chi connectivity index (χ0v) is 15.0. The summed E-state index contributed by atoms with van der Waals surface area (Å²) in [5.74, 6) is 0.942. The van der Waals surface area contributed by atoms with Crippen LogP contribution in [0.1, 0.15) is 0 Å². The first kappa shape index (κ1) is 17.7. The summed E-state index contributed by atoms with van der Waals surface area (Å²) in [4.78, 5) is 10.4. The smallest absolute Gasteiger partial charge is 0.262 e. The fraction of sp³-hybridized carbons (Fsp3) is 0.333. The fourth-order valence-electron chi connectivity index (χ4n) is 2.33. The lowest BCUT2D eigenvalue weighted by molar-refractivity contribution is 0.122. The fourth-order valence-corrected chi connectivity index (χ4v) is 3.71. The van der Waals surface area contributed by atoms with Crippen molar-refractivity contribution in [2.75, 3.05) is 43.0 Å². The van der Waals surface area contributed by atoms with Crippen LogP contribution in [0.3, 0.4) is 0 Å². The van der Waals surface area contributed by atoms with Gasteiger partial charge in [0.15, 0.2) is 0 Å². The molecule has 1 aromatic heterocycles. The summed E-state index contributed by atoms with van der Waals surface area (Å²) in [5, 5.41) is 0.212. The molecule has 2 heterocycles. The molecule has 1 fully saturated rings. The van der Waals surface area contributed by atoms with Crippen LogP contribution in [0.4, 0.5) is 11.6 Å². The Bertz CT molecular complexity index is 839. The maximum absolute atomic E-state index is 12.4. The predicted octanol–water partition coefficient (Wildman–Crippen LogP) is 1.78. The molecular formula is C15H17ClN4O4S. The van der Waals surface area contributed by atoms with Gasteiger partial charge in [-0.25, -0.2) is 18.4 Å². The number of anilines is 2. The van der Waals surface area contributed by atoms with Crippen molar-refractivity contribution in [3.63, 3.8) is 0 Å². The third-order valence-electron chi connectivity index (χ3n) is 3.62. The van der Waals surface area contributed by atoms with Gasteiger partial charge in [0.05, 0.1) is 48.3 Å². The van der Waals surface area contributed by atoms with Gasteiger partial charge in [0.2, 0.25) is 5.95 Å². The molecule has 0 bridgehead atoms. The van der Waals surface area contributed by atoms with E-state index in [0.717, 1.165) is 0 Å². The Hall–Kier alpha value is -2.10. The average Bonchev–Trinajstić information content (AvgIpc) is 2.62. The zero-order valence-electron chi connectivity index (χ0n) is 13.5. The maximum Gasteiger partial charge on any atom is 0.262 e. The minimum absolute atomic E-state index is 0.0237. The summed E-state index contributed by atoms with van der Waals surface area (Å²) < 4.78 is 37.6. The summed E-state index contributed by atoms with van der Waals surface area (Å²) in [6.45, 7) is 2.65. The van der Waals surface area contributed by atoms with E-state index >= 15 is 0 Å². The van der Waals surface area contributed by atoms with Crippen molar-refractivity contribution in [2.45, 2.75) is 4.90 Å². The van der Waals surface area contributed by atoms with Gasteiger partial charge in [0.25, 0.3) is 10.0 Å². The second-order valence-electron chi connectivity index (χ2n) is 5.27. The molecule has 3 rings (SSSR count). The molecule has 0 saturated carbocycles. The van der Waals surface area contributed by atoms with Crippen LogP contribution in [0.5, 0.6) is 5.75 Å². The molecule has 1 saturated heterocycles. The quantitative estimate of drug-likeness (QED) is 0.839. The third kappa shape index (κ3) is 4.12. The molecule has 0 radical (unpaired) electrons. The molecular weight excluding hydrogens is 368 g/mol. The van der Waals surface area contributed by atoms with Gasteiger partial charge < -0.3 is 14.4 Å². The summed E-state index contributed by atoms with van der Waals surface area (Å²) in [6.07, 6.45) is 2.86. The number of aromatic nitrogens is 2. The number of benzene rings is 1. The summed E-state index contributed by atoms with van der Waals surface area (Å²) >= 11 is 5.99. The van der Waals surface area contributed by atoms with Crippen LogP contribution >= 0.6 is 11.6 Å². The van der Waals surface area contributed by atoms with E-state index in [-0.39, 0.29) is 15.6 Å². The lowest BCUT2D eigenvalue weighted by atomic mass is 10.3. The molecule has 0 aliphatic carbocycles. The average molecular weight is 385 g/mol. The molecule has 1 aliphatic heterocycles. The lowest BCUT2D eigenvalue weighted by Crippen LogP contribution is -2.37. The lowest BCUT2D eigenvalue weighted by Gasteiger charge is -2.26. The zero-order chi connectivity index (χ0) is 17.9. The number of ether oxygens (including phenoxy) is 2. The van der Waals surface area contributed by atoms with Gasteiger partial charge in [-0.2, -0.15) is 0 Å². The van der Waals surface area contributed by atoms with Crippen LogP contribution < -0.4 is 14.4 Å². The van der Waals surface area contributed by atoms with Crippen molar-refractivity contribution in [1.82, 2.24) is 9.97 Å². The molecule has 1 N–H and O–H groups in total. The Balaban J connectivity index is 1.75. The number of nitrogens with zero attached hydrogens (tertiary/aromatic N) is 3. The second-order valence-corrected chi connectivity index (χ2v) is 7.36. The summed E-state index contributed by atoms with van der Waals surface area (Å²) in [5.41, 5.74) is 0.268. The van der Waals surface area contributed by atoms with Crippen molar-refractivity contribution < 1.29 is 17.9 Å². The van der Waals surface area contributed by atoms with E-state index in [0.29, 0.717) is 38.0 Å². The third-order valence-corrected chi connectivity index (χ3v) is 5.29. The maximum atomic E-state index is 12.4. The van der Waals surface area contributed by atoms with Crippen molar-refractivity contribution in [3.8, 4) is 5.75 Å². The van der Waals surface area contributed by atoms with Crippen LogP contribution in [0.15, 0.2) is 35.5 Å². The Kier molecular flexibility index (Phi) is 5.26. The largest absolute Gasteiger partial charge is 0.495 e. The van der Waals surface area contributed by atoms with Crippen LogP contribution in [0.2, 0.25) is 5.02 Å². The van der Waals surface area contributed by atoms with E-state index in [2.05, 4.69) is 14.7 Å². The van der Waals surface area contributed by atoms with Crippen molar-refractivity contribution in [1.29, 1.82) is 0 Å². The monoisotopic (exact) mass is 384 g/mol. The molecule has 10 heteroatoms. The van der Waals surface area contributed by atoms with Crippen LogP contribution in [0, 0.1) is 0 Å². The highest BCUT2D eigenvalue weighted by molar-refractivity contribution is 7.92. The molecule has 134 valence electrons. The number of halogens is 1. The van der Waals surface area contributed by atoms with Gasteiger partial charge in [0.1, 0.15) is 5.75 Å². The number of nitrogens with one attached hydrogen (secondary N) is 1. The van der Waals surface area contributed by atoms with Crippen molar-refractivity contribution in [2.24, 2.45) is 0 Å². The van der Waals surface area contributed by atoms with E-state index in [1.165, 1.54) is 37.7 Å². The van der Waals surface area contributed by atoms with E-state index in [4.69, 9.17) is 21.1 Å². The van der Waals surface area contributed by atoms with Gasteiger partial charge in [-0.3, -0.25) is 4.72 Å². The number of rotatable bonds is 5. The van der Waals surface area contributed by atoms with Crippen LogP contribution in [-0.4, -0.2) is 51.8 Å². The molecule has 0 amide bonds. The molecule has 1 aromatic carbocycles. The first-order chi connectivity index (χ1) is 12.0. The number of hydrogen-bond donors (Lipinski definition) is 1.